The van der Waals surface area contributed by atoms with Crippen LogP contribution in [-0.2, 0) is 4.79 Å². The molecule has 0 saturated heterocycles. The van der Waals surface area contributed by atoms with E-state index in [4.69, 9.17) is 4.74 Å². The number of hydrogen-bond donors (Lipinski definition) is 1. The van der Waals surface area contributed by atoms with Gasteiger partial charge >= 0.3 is 0 Å². The van der Waals surface area contributed by atoms with Crippen molar-refractivity contribution in [3.8, 4) is 5.75 Å². The van der Waals surface area contributed by atoms with E-state index in [1.54, 1.807) is 6.92 Å². The lowest BCUT2D eigenvalue weighted by Crippen LogP contribution is -2.38. The highest BCUT2D eigenvalue weighted by atomic mass is 16.5. The summed E-state index contributed by atoms with van der Waals surface area (Å²) >= 11 is 0. The molecule has 2 aromatic rings. The van der Waals surface area contributed by atoms with Crippen LogP contribution < -0.4 is 10.1 Å². The van der Waals surface area contributed by atoms with Gasteiger partial charge in [-0.2, -0.15) is 0 Å². The van der Waals surface area contributed by atoms with Gasteiger partial charge in [0.05, 0.1) is 6.04 Å². The lowest BCUT2D eigenvalue weighted by Gasteiger charge is -2.22. The number of hydrogen-bond acceptors (Lipinski definition) is 2. The summed E-state index contributed by atoms with van der Waals surface area (Å²) in [7, 11) is 0. The number of rotatable bonds is 6. The van der Waals surface area contributed by atoms with Gasteiger partial charge in [-0.1, -0.05) is 31.2 Å². The Balaban J connectivity index is 2.06. The number of amides is 1. The minimum absolute atomic E-state index is 0.00269. The van der Waals surface area contributed by atoms with Gasteiger partial charge in [-0.15, -0.1) is 0 Å². The number of carbonyl (C=O) groups is 1. The molecule has 0 saturated carbocycles. The third kappa shape index (κ3) is 5.09. The first-order chi connectivity index (χ1) is 11.8. The van der Waals surface area contributed by atoms with Gasteiger partial charge in [0.1, 0.15) is 5.75 Å². The molecule has 0 aliphatic heterocycles. The van der Waals surface area contributed by atoms with Crippen molar-refractivity contribution in [2.75, 3.05) is 0 Å². The van der Waals surface area contributed by atoms with Crippen LogP contribution in [0.4, 0.5) is 0 Å². The minimum atomic E-state index is -0.540. The number of benzene rings is 2. The Morgan fingerprint density at radius 3 is 2.20 bits per heavy atom. The van der Waals surface area contributed by atoms with Crippen LogP contribution in [0.2, 0.25) is 0 Å². The lowest BCUT2D eigenvalue weighted by molar-refractivity contribution is -0.128. The molecule has 0 fully saturated rings. The molecule has 3 nitrogen and oxygen atoms in total. The average molecular weight is 339 g/mol. The number of aryl methyl sites for hydroxylation is 4. The van der Waals surface area contributed by atoms with Crippen LogP contribution in [0.1, 0.15) is 54.1 Å². The largest absolute Gasteiger partial charge is 0.481 e. The Labute approximate surface area is 151 Å². The van der Waals surface area contributed by atoms with Crippen molar-refractivity contribution in [2.45, 2.75) is 60.1 Å². The highest BCUT2D eigenvalue weighted by Crippen LogP contribution is 2.21. The highest BCUT2D eigenvalue weighted by molar-refractivity contribution is 5.81. The zero-order valence-electron chi connectivity index (χ0n) is 16.1. The molecule has 25 heavy (non-hydrogen) atoms. The summed E-state index contributed by atoms with van der Waals surface area (Å²) in [6.45, 7) is 12.1. The van der Waals surface area contributed by atoms with Crippen LogP contribution in [0.15, 0.2) is 36.4 Å². The number of nitrogens with one attached hydrogen (secondary N) is 1. The molecule has 2 aromatic carbocycles. The van der Waals surface area contributed by atoms with E-state index in [2.05, 4.69) is 50.4 Å². The van der Waals surface area contributed by atoms with E-state index < -0.39 is 6.10 Å². The van der Waals surface area contributed by atoms with Crippen LogP contribution in [-0.4, -0.2) is 12.0 Å². The van der Waals surface area contributed by atoms with Crippen molar-refractivity contribution in [1.29, 1.82) is 0 Å². The first-order valence-corrected chi connectivity index (χ1v) is 8.92. The second-order valence-corrected chi connectivity index (χ2v) is 6.90. The summed E-state index contributed by atoms with van der Waals surface area (Å²) in [5, 5.41) is 3.11. The van der Waals surface area contributed by atoms with E-state index in [9.17, 15) is 4.79 Å². The third-order valence-electron chi connectivity index (χ3n) is 4.54. The number of ether oxygens (including phenoxy) is 1. The molecule has 0 aliphatic carbocycles. The molecule has 0 bridgehead atoms. The average Bonchev–Trinajstić information content (AvgIpc) is 2.54. The van der Waals surface area contributed by atoms with Gasteiger partial charge in [-0.25, -0.2) is 0 Å². The smallest absolute Gasteiger partial charge is 0.261 e. The predicted octanol–water partition coefficient (Wildman–Crippen LogP) is 4.96. The molecule has 0 aliphatic rings. The Morgan fingerprint density at radius 1 is 1.00 bits per heavy atom. The summed E-state index contributed by atoms with van der Waals surface area (Å²) < 4.78 is 5.85. The second kappa shape index (κ2) is 8.19. The van der Waals surface area contributed by atoms with Crippen molar-refractivity contribution in [1.82, 2.24) is 5.32 Å². The molecule has 0 aromatic heterocycles. The van der Waals surface area contributed by atoms with E-state index in [0.29, 0.717) is 0 Å². The van der Waals surface area contributed by atoms with Gasteiger partial charge in [-0.3, -0.25) is 4.79 Å². The summed E-state index contributed by atoms with van der Waals surface area (Å²) in [5.41, 5.74) is 5.90. The van der Waals surface area contributed by atoms with Crippen LogP contribution in [0, 0.1) is 27.7 Å². The van der Waals surface area contributed by atoms with Crippen LogP contribution in [0.3, 0.4) is 0 Å². The molecular weight excluding hydrogens is 310 g/mol. The summed E-state index contributed by atoms with van der Waals surface area (Å²) in [5.74, 6) is 0.642. The fraction of sp³-hybridized carbons (Fsp3) is 0.409. The quantitative estimate of drug-likeness (QED) is 0.808. The maximum absolute atomic E-state index is 12.6. The summed E-state index contributed by atoms with van der Waals surface area (Å²) in [6.07, 6.45) is 0.298. The standard InChI is InChI=1S/C22H29NO2/c1-7-21(19-9-8-16(4)17(5)13-19)23-22(24)18(6)25-20-11-14(2)10-15(3)12-20/h8-13,18,21H,7H2,1-6H3,(H,23,24)/t18-,21+/m0/s1. The normalized spacial score (nSPS) is 13.2. The molecule has 1 amide bonds. The summed E-state index contributed by atoms with van der Waals surface area (Å²) in [6, 6.07) is 12.3. The molecule has 1 N–H and O–H groups in total. The van der Waals surface area contributed by atoms with Gasteiger partial charge in [0.15, 0.2) is 6.10 Å². The lowest BCUT2D eigenvalue weighted by atomic mass is 9.99. The molecular formula is C22H29NO2. The molecule has 3 heteroatoms. The molecule has 2 rings (SSSR count). The van der Waals surface area contributed by atoms with Gasteiger partial charge in [0, 0.05) is 0 Å². The fourth-order valence-corrected chi connectivity index (χ4v) is 2.95. The molecule has 2 atom stereocenters. The SMILES string of the molecule is CC[C@@H](NC(=O)[C@H](C)Oc1cc(C)cc(C)c1)c1ccc(C)c(C)c1. The Bertz CT molecular complexity index is 731. The van der Waals surface area contributed by atoms with Gasteiger partial charge in [0.25, 0.3) is 5.91 Å². The number of carbonyl (C=O) groups excluding carboxylic acids is 1. The molecule has 0 unspecified atom stereocenters. The fourth-order valence-electron chi connectivity index (χ4n) is 2.95. The molecule has 0 radical (unpaired) electrons. The maximum Gasteiger partial charge on any atom is 0.261 e. The van der Waals surface area contributed by atoms with E-state index >= 15 is 0 Å². The maximum atomic E-state index is 12.6. The van der Waals surface area contributed by atoms with E-state index in [-0.39, 0.29) is 11.9 Å². The molecule has 0 spiro atoms. The van der Waals surface area contributed by atoms with E-state index in [0.717, 1.165) is 28.9 Å². The molecule has 134 valence electrons. The van der Waals surface area contributed by atoms with Crippen LogP contribution in [0.5, 0.6) is 5.75 Å². The Hall–Kier alpha value is -2.29. The Kier molecular flexibility index (Phi) is 6.24. The van der Waals surface area contributed by atoms with E-state index in [1.165, 1.54) is 11.1 Å². The van der Waals surface area contributed by atoms with E-state index in [1.807, 2.05) is 26.0 Å². The van der Waals surface area contributed by atoms with Crippen molar-refractivity contribution in [3.05, 3.63) is 64.2 Å². The first-order valence-electron chi connectivity index (χ1n) is 8.92. The van der Waals surface area contributed by atoms with Crippen LogP contribution >= 0.6 is 0 Å². The zero-order valence-corrected chi connectivity index (χ0v) is 16.1. The zero-order chi connectivity index (χ0) is 18.6. The van der Waals surface area contributed by atoms with Crippen LogP contribution in [0.25, 0.3) is 0 Å². The first kappa shape index (κ1) is 19.0. The predicted molar refractivity (Wildman–Crippen MR) is 103 cm³/mol. The second-order valence-electron chi connectivity index (χ2n) is 6.90. The van der Waals surface area contributed by atoms with Crippen molar-refractivity contribution in [2.24, 2.45) is 0 Å². The van der Waals surface area contributed by atoms with Crippen molar-refractivity contribution < 1.29 is 9.53 Å². The van der Waals surface area contributed by atoms with Gasteiger partial charge < -0.3 is 10.1 Å². The topological polar surface area (TPSA) is 38.3 Å². The highest BCUT2D eigenvalue weighted by Gasteiger charge is 2.19. The Morgan fingerprint density at radius 2 is 1.64 bits per heavy atom. The van der Waals surface area contributed by atoms with Gasteiger partial charge in [0.2, 0.25) is 0 Å². The molecule has 0 heterocycles. The van der Waals surface area contributed by atoms with Crippen molar-refractivity contribution in [3.63, 3.8) is 0 Å². The summed E-state index contributed by atoms with van der Waals surface area (Å²) in [4.78, 5) is 12.6. The third-order valence-corrected chi connectivity index (χ3v) is 4.54. The van der Waals surface area contributed by atoms with Crippen molar-refractivity contribution >= 4 is 5.91 Å². The monoisotopic (exact) mass is 339 g/mol. The minimum Gasteiger partial charge on any atom is -0.481 e. The van der Waals surface area contributed by atoms with Gasteiger partial charge in [-0.05, 0) is 81.0 Å².